The first-order chi connectivity index (χ1) is 11.4. The molecule has 1 amide bonds. The highest BCUT2D eigenvalue weighted by atomic mass is 19.2. The zero-order valence-corrected chi connectivity index (χ0v) is 12.1. The minimum absolute atomic E-state index is 0.0489. The molecule has 2 aromatic carbocycles. The fraction of sp³-hybridized carbons (Fsp3) is 0.133. The van der Waals surface area contributed by atoms with Crippen molar-refractivity contribution >= 4 is 11.6 Å². The third kappa shape index (κ3) is 4.22. The van der Waals surface area contributed by atoms with Gasteiger partial charge in [0.2, 0.25) is 0 Å². The number of nitrogens with one attached hydrogen (secondary N) is 1. The van der Waals surface area contributed by atoms with Crippen molar-refractivity contribution in [3.8, 4) is 5.75 Å². The number of hydrogen-bond acceptors (Lipinski definition) is 4. The molecule has 2 aromatic rings. The number of halogens is 3. The second-order valence-corrected chi connectivity index (χ2v) is 4.60. The third-order valence-corrected chi connectivity index (χ3v) is 2.93. The van der Waals surface area contributed by atoms with Gasteiger partial charge in [-0.2, -0.15) is 0 Å². The Hall–Kier alpha value is -3.10. The Bertz CT molecular complexity index is 783. The van der Waals surface area contributed by atoms with Crippen molar-refractivity contribution in [3.63, 3.8) is 0 Å². The van der Waals surface area contributed by atoms with E-state index < -0.39 is 39.5 Å². The maximum Gasteiger partial charge on any atom is 0.285 e. The van der Waals surface area contributed by atoms with Gasteiger partial charge in [0.1, 0.15) is 23.7 Å². The summed E-state index contributed by atoms with van der Waals surface area (Å²) < 4.78 is 44.3. The van der Waals surface area contributed by atoms with Crippen LogP contribution in [0.15, 0.2) is 36.4 Å². The van der Waals surface area contributed by atoms with Gasteiger partial charge in [0.25, 0.3) is 11.6 Å². The predicted molar refractivity (Wildman–Crippen MR) is 77.2 cm³/mol. The van der Waals surface area contributed by atoms with E-state index in [1.165, 1.54) is 18.2 Å². The molecule has 6 nitrogen and oxygen atoms in total. The molecule has 0 saturated heterocycles. The van der Waals surface area contributed by atoms with Gasteiger partial charge in [0.05, 0.1) is 17.5 Å². The zero-order chi connectivity index (χ0) is 17.7. The summed E-state index contributed by atoms with van der Waals surface area (Å²) in [5.41, 5.74) is -1.46. The normalized spacial score (nSPS) is 10.3. The molecule has 9 heteroatoms. The van der Waals surface area contributed by atoms with Crippen molar-refractivity contribution in [2.24, 2.45) is 0 Å². The topological polar surface area (TPSA) is 81.5 Å². The van der Waals surface area contributed by atoms with Crippen LogP contribution in [0.5, 0.6) is 5.75 Å². The first kappa shape index (κ1) is 17.3. The van der Waals surface area contributed by atoms with Crippen molar-refractivity contribution in [2.45, 2.75) is 0 Å². The number of benzene rings is 2. The molecule has 0 unspecified atom stereocenters. The molecule has 0 atom stereocenters. The second kappa shape index (κ2) is 7.44. The van der Waals surface area contributed by atoms with Crippen molar-refractivity contribution in [3.05, 3.63) is 69.5 Å². The number of carbonyl (C=O) groups excluding carboxylic acids is 1. The van der Waals surface area contributed by atoms with Crippen molar-refractivity contribution in [2.75, 3.05) is 13.2 Å². The van der Waals surface area contributed by atoms with E-state index in [0.29, 0.717) is 12.1 Å². The highest BCUT2D eigenvalue weighted by Crippen LogP contribution is 2.22. The highest BCUT2D eigenvalue weighted by molar-refractivity contribution is 5.98. The van der Waals surface area contributed by atoms with E-state index >= 15 is 0 Å². The molecule has 24 heavy (non-hydrogen) atoms. The summed E-state index contributed by atoms with van der Waals surface area (Å²) in [6.07, 6.45) is 0. The molecular weight excluding hydrogens is 329 g/mol. The largest absolute Gasteiger partial charge is 0.492 e. The first-order valence-electron chi connectivity index (χ1n) is 6.68. The molecule has 0 radical (unpaired) electrons. The Labute approximate surface area is 134 Å². The lowest BCUT2D eigenvalue weighted by Crippen LogP contribution is -2.28. The summed E-state index contributed by atoms with van der Waals surface area (Å²) >= 11 is 0. The lowest BCUT2D eigenvalue weighted by Gasteiger charge is -2.08. The van der Waals surface area contributed by atoms with E-state index in [-0.39, 0.29) is 18.9 Å². The Morgan fingerprint density at radius 2 is 1.88 bits per heavy atom. The molecule has 0 aliphatic carbocycles. The van der Waals surface area contributed by atoms with Gasteiger partial charge >= 0.3 is 0 Å². The Kier molecular flexibility index (Phi) is 5.35. The maximum absolute atomic E-state index is 13.2. The van der Waals surface area contributed by atoms with Gasteiger partial charge in [-0.05, 0) is 18.2 Å². The molecule has 2 rings (SSSR count). The monoisotopic (exact) mass is 340 g/mol. The van der Waals surface area contributed by atoms with E-state index in [1.54, 1.807) is 0 Å². The van der Waals surface area contributed by atoms with Gasteiger partial charge in [0.15, 0.2) is 11.6 Å². The van der Waals surface area contributed by atoms with E-state index in [4.69, 9.17) is 4.74 Å². The molecule has 0 aromatic heterocycles. The Balaban J connectivity index is 1.97. The van der Waals surface area contributed by atoms with E-state index in [0.717, 1.165) is 6.07 Å². The number of ether oxygens (including phenoxy) is 1. The smallest absolute Gasteiger partial charge is 0.285 e. The van der Waals surface area contributed by atoms with Crippen LogP contribution in [0.1, 0.15) is 10.4 Å². The molecule has 0 heterocycles. The van der Waals surface area contributed by atoms with Crippen LogP contribution in [0.25, 0.3) is 0 Å². The third-order valence-electron chi connectivity index (χ3n) is 2.93. The second-order valence-electron chi connectivity index (χ2n) is 4.60. The van der Waals surface area contributed by atoms with Crippen molar-refractivity contribution < 1.29 is 27.6 Å². The molecule has 0 spiro atoms. The number of nitrogens with zero attached hydrogens (tertiary/aromatic N) is 1. The number of hydrogen-bond donors (Lipinski definition) is 1. The summed E-state index contributed by atoms with van der Waals surface area (Å²) in [6, 6.07) is 6.11. The molecule has 0 saturated carbocycles. The number of nitro groups is 1. The van der Waals surface area contributed by atoms with Crippen LogP contribution in [0, 0.1) is 27.6 Å². The van der Waals surface area contributed by atoms with Gasteiger partial charge in [-0.3, -0.25) is 14.9 Å². The lowest BCUT2D eigenvalue weighted by molar-refractivity contribution is -0.385. The van der Waals surface area contributed by atoms with Gasteiger partial charge in [0, 0.05) is 6.07 Å². The van der Waals surface area contributed by atoms with Gasteiger partial charge < -0.3 is 10.1 Å². The summed E-state index contributed by atoms with van der Waals surface area (Å²) in [6.45, 7) is -0.127. The first-order valence-corrected chi connectivity index (χ1v) is 6.68. The summed E-state index contributed by atoms with van der Waals surface area (Å²) in [5.74, 6) is -4.00. The fourth-order valence-electron chi connectivity index (χ4n) is 1.85. The summed E-state index contributed by atoms with van der Waals surface area (Å²) in [5, 5.41) is 13.1. The minimum atomic E-state index is -1.42. The van der Waals surface area contributed by atoms with Crippen LogP contribution in [0.2, 0.25) is 0 Å². The van der Waals surface area contributed by atoms with Gasteiger partial charge in [-0.1, -0.05) is 6.07 Å². The number of rotatable bonds is 6. The van der Waals surface area contributed by atoms with Gasteiger partial charge in [-0.15, -0.1) is 0 Å². The molecule has 0 bridgehead atoms. The average molecular weight is 340 g/mol. The number of carbonyl (C=O) groups is 1. The van der Waals surface area contributed by atoms with Crippen LogP contribution in [0.3, 0.4) is 0 Å². The van der Waals surface area contributed by atoms with Crippen molar-refractivity contribution in [1.82, 2.24) is 5.32 Å². The Morgan fingerprint density at radius 3 is 2.54 bits per heavy atom. The number of nitro benzene ring substituents is 1. The molecule has 0 aliphatic rings. The standard InChI is InChI=1S/C15H11F3N2O4/c16-9-2-1-3-10(6-9)24-5-4-19-15(21)11-7-12(17)13(18)8-14(11)20(22)23/h1-3,6-8H,4-5H2,(H,19,21). The average Bonchev–Trinajstić information content (AvgIpc) is 2.53. The molecule has 0 fully saturated rings. The zero-order valence-electron chi connectivity index (χ0n) is 12.1. The molecule has 0 aliphatic heterocycles. The maximum atomic E-state index is 13.2. The minimum Gasteiger partial charge on any atom is -0.492 e. The summed E-state index contributed by atoms with van der Waals surface area (Å²) in [7, 11) is 0. The lowest BCUT2D eigenvalue weighted by atomic mass is 10.1. The van der Waals surface area contributed by atoms with Crippen molar-refractivity contribution in [1.29, 1.82) is 0 Å². The van der Waals surface area contributed by atoms with Gasteiger partial charge in [-0.25, -0.2) is 13.2 Å². The quantitative estimate of drug-likeness (QED) is 0.498. The Morgan fingerprint density at radius 1 is 1.17 bits per heavy atom. The molecular formula is C15H11F3N2O4. The number of amides is 1. The predicted octanol–water partition coefficient (Wildman–Crippen LogP) is 2.82. The SMILES string of the molecule is O=C(NCCOc1cccc(F)c1)c1cc(F)c(F)cc1[N+](=O)[O-]. The van der Waals surface area contributed by atoms with Crippen LogP contribution < -0.4 is 10.1 Å². The van der Waals surface area contributed by atoms with Crippen LogP contribution in [0.4, 0.5) is 18.9 Å². The molecule has 126 valence electrons. The highest BCUT2D eigenvalue weighted by Gasteiger charge is 2.23. The van der Waals surface area contributed by atoms with E-state index in [2.05, 4.69) is 5.32 Å². The van der Waals surface area contributed by atoms with E-state index in [9.17, 15) is 28.1 Å². The fourth-order valence-corrected chi connectivity index (χ4v) is 1.85. The van der Waals surface area contributed by atoms with Crippen LogP contribution in [-0.4, -0.2) is 24.0 Å². The molecule has 1 N–H and O–H groups in total. The van der Waals surface area contributed by atoms with Crippen LogP contribution in [-0.2, 0) is 0 Å². The van der Waals surface area contributed by atoms with Crippen LogP contribution >= 0.6 is 0 Å². The van der Waals surface area contributed by atoms with E-state index in [1.807, 2.05) is 0 Å². The summed E-state index contributed by atoms with van der Waals surface area (Å²) in [4.78, 5) is 21.7.